The second-order valence-electron chi connectivity index (χ2n) is 6.46. The molecular formula is C21H13FN4O2. The van der Waals surface area contributed by atoms with Crippen molar-refractivity contribution in [3.05, 3.63) is 78.2 Å². The number of fused-ring (bicyclic) bond motifs is 3. The van der Waals surface area contributed by atoms with Gasteiger partial charge in [0.25, 0.3) is 0 Å². The predicted octanol–water partition coefficient (Wildman–Crippen LogP) is 4.41. The number of aromatic nitrogens is 4. The van der Waals surface area contributed by atoms with E-state index in [9.17, 15) is 9.18 Å². The Labute approximate surface area is 157 Å². The van der Waals surface area contributed by atoms with Crippen molar-refractivity contribution >= 4 is 27.8 Å². The van der Waals surface area contributed by atoms with Gasteiger partial charge in [-0.3, -0.25) is 0 Å². The Kier molecular flexibility index (Phi) is 3.48. The fourth-order valence-corrected chi connectivity index (χ4v) is 3.40. The number of carboxylic acid groups (broad SMARTS) is 1. The molecule has 2 aromatic heterocycles. The summed E-state index contributed by atoms with van der Waals surface area (Å²) in [6.07, 6.45) is 1.62. The zero-order valence-electron chi connectivity index (χ0n) is 14.4. The first-order valence-electron chi connectivity index (χ1n) is 8.56. The lowest BCUT2D eigenvalue weighted by atomic mass is 10.1. The second-order valence-corrected chi connectivity index (χ2v) is 6.46. The Bertz CT molecular complexity index is 1350. The number of rotatable bonds is 3. The third kappa shape index (κ3) is 2.52. The Morgan fingerprint density at radius 2 is 1.68 bits per heavy atom. The lowest BCUT2D eigenvalue weighted by Crippen LogP contribution is -2.00. The highest BCUT2D eigenvalue weighted by atomic mass is 19.1. The maximum atomic E-state index is 13.7. The SMILES string of the molecule is O=C(O)c1ccc(-c2cnnn2-c2ccc3[nH]c4ccc(F)cc4c3c2)cc1. The monoisotopic (exact) mass is 372 g/mol. The summed E-state index contributed by atoms with van der Waals surface area (Å²) >= 11 is 0. The van der Waals surface area contributed by atoms with Crippen LogP contribution in [-0.4, -0.2) is 31.1 Å². The molecule has 7 heteroatoms. The number of halogens is 1. The van der Waals surface area contributed by atoms with Crippen LogP contribution in [0.2, 0.25) is 0 Å². The van der Waals surface area contributed by atoms with E-state index in [-0.39, 0.29) is 11.4 Å². The van der Waals surface area contributed by atoms with Crippen LogP contribution >= 0.6 is 0 Å². The van der Waals surface area contributed by atoms with Crippen molar-refractivity contribution in [3.8, 4) is 16.9 Å². The molecule has 3 aromatic carbocycles. The van der Waals surface area contributed by atoms with Crippen LogP contribution in [0.15, 0.2) is 66.9 Å². The summed E-state index contributed by atoms with van der Waals surface area (Å²) in [6, 6.07) is 16.9. The standard InChI is InChI=1S/C21H13FN4O2/c22-14-5-7-18-16(9-14)17-10-15(6-8-19(17)24-18)26-20(11-23-25-26)12-1-3-13(4-2-12)21(27)28/h1-11,24H,(H,27,28). The number of H-pyrrole nitrogens is 1. The largest absolute Gasteiger partial charge is 0.478 e. The minimum Gasteiger partial charge on any atom is -0.478 e. The zero-order valence-corrected chi connectivity index (χ0v) is 14.4. The third-order valence-corrected chi connectivity index (χ3v) is 4.77. The minimum atomic E-state index is -0.977. The maximum absolute atomic E-state index is 13.7. The van der Waals surface area contributed by atoms with E-state index in [1.807, 2.05) is 18.2 Å². The van der Waals surface area contributed by atoms with Crippen molar-refractivity contribution < 1.29 is 14.3 Å². The fraction of sp³-hybridized carbons (Fsp3) is 0. The molecule has 0 saturated carbocycles. The van der Waals surface area contributed by atoms with E-state index in [0.717, 1.165) is 38.8 Å². The van der Waals surface area contributed by atoms with E-state index >= 15 is 0 Å². The lowest BCUT2D eigenvalue weighted by molar-refractivity contribution is 0.0697. The van der Waals surface area contributed by atoms with Gasteiger partial charge in [-0.15, -0.1) is 5.10 Å². The number of hydrogen-bond donors (Lipinski definition) is 2. The molecule has 0 saturated heterocycles. The summed E-state index contributed by atoms with van der Waals surface area (Å²) in [5.74, 6) is -1.27. The van der Waals surface area contributed by atoms with E-state index in [0.29, 0.717) is 0 Å². The molecule has 2 heterocycles. The molecule has 0 aliphatic carbocycles. The van der Waals surface area contributed by atoms with Crippen LogP contribution in [0, 0.1) is 5.82 Å². The van der Waals surface area contributed by atoms with Gasteiger partial charge in [0.1, 0.15) is 5.82 Å². The second kappa shape index (κ2) is 6.02. The smallest absolute Gasteiger partial charge is 0.335 e. The molecule has 28 heavy (non-hydrogen) atoms. The Morgan fingerprint density at radius 1 is 0.964 bits per heavy atom. The van der Waals surface area contributed by atoms with Crippen LogP contribution in [-0.2, 0) is 0 Å². The predicted molar refractivity (Wildman–Crippen MR) is 103 cm³/mol. The van der Waals surface area contributed by atoms with Crippen molar-refractivity contribution in [2.45, 2.75) is 0 Å². The van der Waals surface area contributed by atoms with E-state index in [1.54, 1.807) is 41.2 Å². The Hall–Kier alpha value is -4.00. The first kappa shape index (κ1) is 16.2. The number of carbonyl (C=O) groups is 1. The first-order valence-corrected chi connectivity index (χ1v) is 8.56. The summed E-state index contributed by atoms with van der Waals surface area (Å²) in [5, 5.41) is 18.9. The van der Waals surface area contributed by atoms with Crippen LogP contribution in [0.3, 0.4) is 0 Å². The number of nitrogens with zero attached hydrogens (tertiary/aromatic N) is 3. The van der Waals surface area contributed by atoms with Crippen LogP contribution in [0.5, 0.6) is 0 Å². The molecule has 0 unspecified atom stereocenters. The van der Waals surface area contributed by atoms with Crippen molar-refractivity contribution in [2.24, 2.45) is 0 Å². The molecule has 0 atom stereocenters. The van der Waals surface area contributed by atoms with Gasteiger partial charge in [-0.25, -0.2) is 13.9 Å². The summed E-state index contributed by atoms with van der Waals surface area (Å²) < 4.78 is 15.4. The van der Waals surface area contributed by atoms with Gasteiger partial charge in [0.15, 0.2) is 0 Å². The molecule has 136 valence electrons. The fourth-order valence-electron chi connectivity index (χ4n) is 3.40. The molecule has 0 amide bonds. The highest BCUT2D eigenvalue weighted by molar-refractivity contribution is 6.07. The number of carboxylic acids is 1. The van der Waals surface area contributed by atoms with Crippen molar-refractivity contribution in [2.75, 3.05) is 0 Å². The number of benzene rings is 3. The topological polar surface area (TPSA) is 83.8 Å². The first-order chi connectivity index (χ1) is 13.6. The molecule has 0 aliphatic rings. The summed E-state index contributed by atoms with van der Waals surface area (Å²) in [4.78, 5) is 14.3. The van der Waals surface area contributed by atoms with E-state index in [2.05, 4.69) is 15.3 Å². The third-order valence-electron chi connectivity index (χ3n) is 4.77. The normalized spacial score (nSPS) is 11.3. The number of hydrogen-bond acceptors (Lipinski definition) is 3. The quantitative estimate of drug-likeness (QED) is 0.491. The van der Waals surface area contributed by atoms with Gasteiger partial charge in [0.2, 0.25) is 0 Å². The Morgan fingerprint density at radius 3 is 2.43 bits per heavy atom. The van der Waals surface area contributed by atoms with Gasteiger partial charge in [0.05, 0.1) is 23.1 Å². The van der Waals surface area contributed by atoms with Crippen LogP contribution in [0.1, 0.15) is 10.4 Å². The lowest BCUT2D eigenvalue weighted by Gasteiger charge is -2.07. The molecule has 6 nitrogen and oxygen atoms in total. The van der Waals surface area contributed by atoms with E-state index < -0.39 is 5.97 Å². The number of nitrogens with one attached hydrogen (secondary N) is 1. The summed E-state index contributed by atoms with van der Waals surface area (Å²) in [5.41, 5.74) is 4.26. The molecule has 0 fully saturated rings. The van der Waals surface area contributed by atoms with Gasteiger partial charge >= 0.3 is 5.97 Å². The van der Waals surface area contributed by atoms with Crippen molar-refractivity contribution in [1.29, 1.82) is 0 Å². The van der Waals surface area contributed by atoms with Gasteiger partial charge < -0.3 is 10.1 Å². The van der Waals surface area contributed by atoms with Gasteiger partial charge in [-0.1, -0.05) is 17.3 Å². The maximum Gasteiger partial charge on any atom is 0.335 e. The number of aromatic amines is 1. The highest BCUT2D eigenvalue weighted by Crippen LogP contribution is 2.29. The summed E-state index contributed by atoms with van der Waals surface area (Å²) in [6.45, 7) is 0. The molecule has 0 radical (unpaired) electrons. The van der Waals surface area contributed by atoms with Gasteiger partial charge in [-0.05, 0) is 48.5 Å². The van der Waals surface area contributed by atoms with Crippen LogP contribution in [0.25, 0.3) is 38.8 Å². The molecule has 5 aromatic rings. The molecule has 0 aliphatic heterocycles. The zero-order chi connectivity index (χ0) is 19.3. The molecule has 2 N–H and O–H groups in total. The molecular weight excluding hydrogens is 359 g/mol. The van der Waals surface area contributed by atoms with Crippen LogP contribution < -0.4 is 0 Å². The van der Waals surface area contributed by atoms with Crippen molar-refractivity contribution in [3.63, 3.8) is 0 Å². The molecule has 5 rings (SSSR count). The minimum absolute atomic E-state index is 0.213. The van der Waals surface area contributed by atoms with E-state index in [4.69, 9.17) is 5.11 Å². The summed E-state index contributed by atoms with van der Waals surface area (Å²) in [7, 11) is 0. The van der Waals surface area contributed by atoms with Crippen LogP contribution in [0.4, 0.5) is 4.39 Å². The van der Waals surface area contributed by atoms with Gasteiger partial charge in [0, 0.05) is 27.4 Å². The Balaban J connectivity index is 1.65. The van der Waals surface area contributed by atoms with E-state index in [1.165, 1.54) is 12.1 Å². The average molecular weight is 372 g/mol. The average Bonchev–Trinajstić information content (AvgIpc) is 3.32. The van der Waals surface area contributed by atoms with Gasteiger partial charge in [-0.2, -0.15) is 0 Å². The molecule has 0 spiro atoms. The van der Waals surface area contributed by atoms with Crippen molar-refractivity contribution in [1.82, 2.24) is 20.0 Å². The number of aromatic carboxylic acids is 1. The molecule has 0 bridgehead atoms. The highest BCUT2D eigenvalue weighted by Gasteiger charge is 2.12.